The molecule has 2 aliphatic rings. The van der Waals surface area contributed by atoms with Crippen LogP contribution in [0.2, 0.25) is 0 Å². The zero-order valence-electron chi connectivity index (χ0n) is 13.1. The molecule has 3 rings (SSSR count). The zero-order chi connectivity index (χ0) is 16.6. The Balaban J connectivity index is 1.69. The third-order valence-electron chi connectivity index (χ3n) is 4.41. The van der Waals surface area contributed by atoms with Crippen LogP contribution < -0.4 is 10.2 Å². The summed E-state index contributed by atoms with van der Waals surface area (Å²) >= 11 is 0. The second-order valence-corrected chi connectivity index (χ2v) is 8.68. The molecule has 1 fully saturated rings. The number of nitrogens with one attached hydrogen (secondary N) is 1. The first-order valence-electron chi connectivity index (χ1n) is 7.88. The molecule has 0 radical (unpaired) electrons. The van der Waals surface area contributed by atoms with Crippen LogP contribution >= 0.6 is 0 Å². The van der Waals surface area contributed by atoms with E-state index >= 15 is 0 Å². The van der Waals surface area contributed by atoms with Crippen molar-refractivity contribution in [2.75, 3.05) is 29.5 Å². The lowest BCUT2D eigenvalue weighted by molar-refractivity contribution is -0.120. The highest BCUT2D eigenvalue weighted by Crippen LogP contribution is 2.31. The molecule has 2 heterocycles. The number of rotatable bonds is 3. The van der Waals surface area contributed by atoms with Gasteiger partial charge >= 0.3 is 0 Å². The van der Waals surface area contributed by atoms with Crippen molar-refractivity contribution >= 4 is 21.4 Å². The topological polar surface area (TPSA) is 66.5 Å². The highest BCUT2D eigenvalue weighted by atomic mass is 32.2. The predicted molar refractivity (Wildman–Crippen MR) is 86.9 cm³/mol. The van der Waals surface area contributed by atoms with Gasteiger partial charge in [-0.3, -0.25) is 4.79 Å². The molecular weight excluding hydrogens is 319 g/mol. The first-order valence-corrected chi connectivity index (χ1v) is 9.70. The Kier molecular flexibility index (Phi) is 4.31. The van der Waals surface area contributed by atoms with E-state index in [4.69, 9.17) is 0 Å². The summed E-state index contributed by atoms with van der Waals surface area (Å²) in [6.07, 6.45) is 2.14. The van der Waals surface area contributed by atoms with E-state index in [1.165, 1.54) is 6.07 Å². The van der Waals surface area contributed by atoms with Crippen LogP contribution in [0.3, 0.4) is 0 Å². The van der Waals surface area contributed by atoms with E-state index in [2.05, 4.69) is 5.32 Å². The number of carbonyl (C=O) groups excluding carboxylic acids is 1. The van der Waals surface area contributed by atoms with Crippen LogP contribution in [-0.2, 0) is 21.1 Å². The average molecular weight is 340 g/mol. The minimum absolute atomic E-state index is 0.00286. The predicted octanol–water partition coefficient (Wildman–Crippen LogP) is 1.19. The Morgan fingerprint density at radius 1 is 1.43 bits per heavy atom. The number of fused-ring (bicyclic) bond motifs is 1. The molecule has 7 heteroatoms. The average Bonchev–Trinajstić information content (AvgIpc) is 2.77. The molecule has 0 aliphatic carbocycles. The van der Waals surface area contributed by atoms with Crippen molar-refractivity contribution in [3.63, 3.8) is 0 Å². The van der Waals surface area contributed by atoms with E-state index in [0.717, 1.165) is 24.0 Å². The number of nitrogens with zero attached hydrogens (tertiary/aromatic N) is 1. The molecular formula is C16H21FN2O3S. The Hall–Kier alpha value is -1.63. The van der Waals surface area contributed by atoms with Gasteiger partial charge in [0, 0.05) is 12.6 Å². The molecule has 0 aromatic heterocycles. The molecule has 5 nitrogen and oxygen atoms in total. The van der Waals surface area contributed by atoms with Crippen LogP contribution in [0, 0.1) is 12.7 Å². The van der Waals surface area contributed by atoms with Gasteiger partial charge in [0.1, 0.15) is 5.82 Å². The highest BCUT2D eigenvalue weighted by Gasteiger charge is 2.30. The molecule has 23 heavy (non-hydrogen) atoms. The van der Waals surface area contributed by atoms with Gasteiger partial charge in [-0.1, -0.05) is 6.07 Å². The summed E-state index contributed by atoms with van der Waals surface area (Å²) in [5.41, 5.74) is 2.32. The van der Waals surface area contributed by atoms with Crippen molar-refractivity contribution in [2.45, 2.75) is 32.2 Å². The fourth-order valence-electron chi connectivity index (χ4n) is 3.44. The normalized spacial score (nSPS) is 22.7. The number of halogens is 1. The summed E-state index contributed by atoms with van der Waals surface area (Å²) < 4.78 is 37.2. The summed E-state index contributed by atoms with van der Waals surface area (Å²) in [6, 6.07) is 3.13. The first-order chi connectivity index (χ1) is 10.8. The highest BCUT2D eigenvalue weighted by molar-refractivity contribution is 7.91. The molecule has 1 aromatic carbocycles. The number of hydrogen-bond acceptors (Lipinski definition) is 4. The molecule has 0 bridgehead atoms. The van der Waals surface area contributed by atoms with E-state index in [9.17, 15) is 17.6 Å². The molecule has 1 N–H and O–H groups in total. The van der Waals surface area contributed by atoms with Crippen molar-refractivity contribution in [1.82, 2.24) is 5.32 Å². The lowest BCUT2D eigenvalue weighted by Gasteiger charge is -2.31. The van der Waals surface area contributed by atoms with Crippen molar-refractivity contribution in [3.8, 4) is 0 Å². The fourth-order valence-corrected chi connectivity index (χ4v) is 5.11. The molecule has 2 aliphatic heterocycles. The van der Waals surface area contributed by atoms with E-state index in [1.54, 1.807) is 4.90 Å². The summed E-state index contributed by atoms with van der Waals surface area (Å²) in [5, 5.41) is 2.76. The molecule has 1 saturated heterocycles. The van der Waals surface area contributed by atoms with Crippen LogP contribution in [0.15, 0.2) is 12.1 Å². The van der Waals surface area contributed by atoms with Crippen LogP contribution in [0.4, 0.5) is 10.1 Å². The quantitative estimate of drug-likeness (QED) is 0.898. The van der Waals surface area contributed by atoms with E-state index < -0.39 is 9.84 Å². The zero-order valence-corrected chi connectivity index (χ0v) is 14.0. The van der Waals surface area contributed by atoms with Gasteiger partial charge in [0.05, 0.1) is 23.7 Å². The number of aryl methyl sites for hydroxylation is 2. The third kappa shape index (κ3) is 3.65. The Morgan fingerprint density at radius 3 is 2.91 bits per heavy atom. The van der Waals surface area contributed by atoms with Gasteiger partial charge in [-0.15, -0.1) is 0 Å². The van der Waals surface area contributed by atoms with E-state index in [1.807, 2.05) is 13.0 Å². The van der Waals surface area contributed by atoms with E-state index in [0.29, 0.717) is 18.7 Å². The Morgan fingerprint density at radius 2 is 2.22 bits per heavy atom. The van der Waals surface area contributed by atoms with Crippen molar-refractivity contribution < 1.29 is 17.6 Å². The Labute approximate surface area is 135 Å². The third-order valence-corrected chi connectivity index (χ3v) is 6.18. The van der Waals surface area contributed by atoms with Gasteiger partial charge in [0.25, 0.3) is 0 Å². The van der Waals surface area contributed by atoms with Gasteiger partial charge in [-0.2, -0.15) is 0 Å². The Bertz CT molecular complexity index is 733. The molecule has 1 aromatic rings. The molecule has 1 atom stereocenters. The fraction of sp³-hybridized carbons (Fsp3) is 0.562. The van der Waals surface area contributed by atoms with E-state index in [-0.39, 0.29) is 35.8 Å². The smallest absolute Gasteiger partial charge is 0.239 e. The standard InChI is InChI=1S/C16H21FN2O3S/c1-11-7-12-3-2-5-19(16(12)14(17)8-11)9-15(20)18-13-4-6-23(21,22)10-13/h7-8,13H,2-6,9-10H2,1H3,(H,18,20). The van der Waals surface area contributed by atoms with Gasteiger partial charge in [-0.25, -0.2) is 12.8 Å². The number of anilines is 1. The van der Waals surface area contributed by atoms with Crippen molar-refractivity contribution in [2.24, 2.45) is 0 Å². The monoisotopic (exact) mass is 340 g/mol. The maximum atomic E-state index is 14.3. The second-order valence-electron chi connectivity index (χ2n) is 6.45. The van der Waals surface area contributed by atoms with Crippen molar-refractivity contribution in [1.29, 1.82) is 0 Å². The lowest BCUT2D eigenvalue weighted by Crippen LogP contribution is -2.44. The molecule has 126 valence electrons. The lowest BCUT2D eigenvalue weighted by atomic mass is 9.99. The van der Waals surface area contributed by atoms with Crippen LogP contribution in [-0.4, -0.2) is 45.0 Å². The molecule has 1 unspecified atom stereocenters. The second kappa shape index (κ2) is 6.11. The van der Waals surface area contributed by atoms with Crippen LogP contribution in [0.25, 0.3) is 0 Å². The van der Waals surface area contributed by atoms with Gasteiger partial charge in [-0.05, 0) is 43.4 Å². The van der Waals surface area contributed by atoms with Crippen LogP contribution in [0.5, 0.6) is 0 Å². The number of carbonyl (C=O) groups is 1. The summed E-state index contributed by atoms with van der Waals surface area (Å²) in [4.78, 5) is 14.0. The summed E-state index contributed by atoms with van der Waals surface area (Å²) in [6.45, 7) is 2.54. The van der Waals surface area contributed by atoms with Gasteiger partial charge < -0.3 is 10.2 Å². The minimum atomic E-state index is -3.02. The number of hydrogen-bond donors (Lipinski definition) is 1. The maximum absolute atomic E-state index is 14.3. The summed E-state index contributed by atoms with van der Waals surface area (Å²) in [7, 11) is -3.02. The van der Waals surface area contributed by atoms with Crippen LogP contribution in [0.1, 0.15) is 24.0 Å². The van der Waals surface area contributed by atoms with Crippen molar-refractivity contribution in [3.05, 3.63) is 29.1 Å². The first kappa shape index (κ1) is 16.2. The minimum Gasteiger partial charge on any atom is -0.360 e. The number of benzene rings is 1. The maximum Gasteiger partial charge on any atom is 0.239 e. The number of sulfone groups is 1. The largest absolute Gasteiger partial charge is 0.360 e. The molecule has 0 saturated carbocycles. The van der Waals surface area contributed by atoms with Gasteiger partial charge in [0.15, 0.2) is 9.84 Å². The SMILES string of the molecule is Cc1cc(F)c2c(c1)CCCN2CC(=O)NC1CCS(=O)(=O)C1. The molecule has 0 spiro atoms. The molecule has 1 amide bonds. The number of amides is 1. The van der Waals surface area contributed by atoms with Gasteiger partial charge in [0.2, 0.25) is 5.91 Å². The summed E-state index contributed by atoms with van der Waals surface area (Å²) in [5.74, 6) is -0.419.